The number of amides is 3. The Morgan fingerprint density at radius 2 is 1.83 bits per heavy atom. The summed E-state index contributed by atoms with van der Waals surface area (Å²) in [4.78, 5) is 40.3. The largest absolute Gasteiger partial charge is 0.454 e. The van der Waals surface area contributed by atoms with Gasteiger partial charge in [0, 0.05) is 30.2 Å². The zero-order chi connectivity index (χ0) is 20.7. The molecule has 0 radical (unpaired) electrons. The summed E-state index contributed by atoms with van der Waals surface area (Å²) in [6, 6.07) is 13.5. The highest BCUT2D eigenvalue weighted by molar-refractivity contribution is 6.00. The molecule has 1 saturated heterocycles. The van der Waals surface area contributed by atoms with E-state index in [2.05, 4.69) is 5.32 Å². The van der Waals surface area contributed by atoms with E-state index in [4.69, 9.17) is 13.9 Å². The number of carbonyl (C=O) groups is 2. The van der Waals surface area contributed by atoms with Crippen molar-refractivity contribution in [1.82, 2.24) is 4.90 Å². The smallest absolute Gasteiger partial charge is 0.360 e. The summed E-state index contributed by atoms with van der Waals surface area (Å²) in [7, 11) is 0. The summed E-state index contributed by atoms with van der Waals surface area (Å²) in [6.45, 7) is 0.796. The molecule has 9 nitrogen and oxygen atoms in total. The average Bonchev–Trinajstić information content (AvgIpc) is 3.35. The molecule has 3 aromatic rings. The van der Waals surface area contributed by atoms with Crippen LogP contribution in [0.3, 0.4) is 0 Å². The van der Waals surface area contributed by atoms with Crippen LogP contribution in [0.15, 0.2) is 57.7 Å². The number of benzene rings is 2. The van der Waals surface area contributed by atoms with E-state index in [1.807, 2.05) is 6.07 Å². The molecule has 0 spiro atoms. The minimum atomic E-state index is -0.642. The van der Waals surface area contributed by atoms with Gasteiger partial charge >= 0.3 is 11.7 Å². The van der Waals surface area contributed by atoms with Gasteiger partial charge in [0.1, 0.15) is 17.8 Å². The van der Waals surface area contributed by atoms with Crippen molar-refractivity contribution in [2.75, 3.05) is 36.6 Å². The molecule has 5 rings (SSSR count). The molecular weight excluding hydrogens is 390 g/mol. The van der Waals surface area contributed by atoms with Crippen molar-refractivity contribution in [3.05, 3.63) is 59.0 Å². The number of hydrogen-bond acceptors (Lipinski definition) is 6. The third kappa shape index (κ3) is 3.20. The second-order valence-corrected chi connectivity index (χ2v) is 6.93. The van der Waals surface area contributed by atoms with E-state index in [0.29, 0.717) is 41.2 Å². The lowest BCUT2D eigenvalue weighted by atomic mass is 10.2. The lowest BCUT2D eigenvalue weighted by Crippen LogP contribution is -2.37. The first kappa shape index (κ1) is 18.0. The quantitative estimate of drug-likeness (QED) is 0.667. The highest BCUT2D eigenvalue weighted by atomic mass is 16.7. The van der Waals surface area contributed by atoms with Crippen LogP contribution >= 0.6 is 0 Å². The van der Waals surface area contributed by atoms with Crippen LogP contribution in [0.1, 0.15) is 0 Å². The minimum Gasteiger partial charge on any atom is -0.454 e. The van der Waals surface area contributed by atoms with Crippen molar-refractivity contribution in [2.24, 2.45) is 0 Å². The zero-order valence-corrected chi connectivity index (χ0v) is 15.8. The normalized spacial score (nSPS) is 15.1. The molecule has 1 aromatic heterocycles. The van der Waals surface area contributed by atoms with E-state index < -0.39 is 11.5 Å². The molecule has 30 heavy (non-hydrogen) atoms. The molecule has 1 N–H and O–H groups in total. The number of rotatable bonds is 4. The van der Waals surface area contributed by atoms with Crippen LogP contribution in [0.25, 0.3) is 11.0 Å². The molecule has 0 atom stereocenters. The first-order valence-electron chi connectivity index (χ1n) is 9.37. The first-order chi connectivity index (χ1) is 14.6. The van der Waals surface area contributed by atoms with Crippen LogP contribution in [0.2, 0.25) is 0 Å². The van der Waals surface area contributed by atoms with Gasteiger partial charge in [-0.15, -0.1) is 0 Å². The van der Waals surface area contributed by atoms with Crippen LogP contribution in [0.4, 0.5) is 16.2 Å². The topological polar surface area (TPSA) is 101 Å². The molecule has 1 fully saturated rings. The Labute approximate surface area is 170 Å². The number of nitrogens with zero attached hydrogens (tertiary/aromatic N) is 2. The van der Waals surface area contributed by atoms with Gasteiger partial charge in [-0.2, -0.15) is 0 Å². The highest BCUT2D eigenvalue weighted by Crippen LogP contribution is 2.36. The number of anilines is 2. The van der Waals surface area contributed by atoms with Crippen molar-refractivity contribution in [3.8, 4) is 11.5 Å². The van der Waals surface area contributed by atoms with Gasteiger partial charge in [0.15, 0.2) is 11.5 Å². The molecule has 9 heteroatoms. The summed E-state index contributed by atoms with van der Waals surface area (Å²) >= 11 is 0. The number of urea groups is 1. The van der Waals surface area contributed by atoms with Crippen molar-refractivity contribution in [3.63, 3.8) is 0 Å². The standard InChI is InChI=1S/C21H17N3O6/c25-19(22-15-9-13-3-1-2-4-16(13)30-20(15)26)11-23-7-8-24(21(23)27)14-5-6-17-18(10-14)29-12-28-17/h1-6,9-10H,7-8,11-12H2,(H,22,25). The van der Waals surface area contributed by atoms with Gasteiger partial charge in [0.05, 0.1) is 0 Å². The Balaban J connectivity index is 1.27. The van der Waals surface area contributed by atoms with E-state index in [9.17, 15) is 14.4 Å². The van der Waals surface area contributed by atoms with E-state index in [-0.39, 0.29) is 25.1 Å². The average molecular weight is 407 g/mol. The Bertz CT molecular complexity index is 1220. The maximum absolute atomic E-state index is 12.8. The first-order valence-corrected chi connectivity index (χ1v) is 9.37. The second kappa shape index (κ2) is 7.11. The molecule has 152 valence electrons. The summed E-state index contributed by atoms with van der Waals surface area (Å²) in [5.74, 6) is 0.744. The molecule has 2 aromatic carbocycles. The molecule has 0 unspecified atom stereocenters. The molecular formula is C21H17N3O6. The molecule has 3 amide bonds. The summed E-state index contributed by atoms with van der Waals surface area (Å²) < 4.78 is 15.9. The van der Waals surface area contributed by atoms with Crippen LogP contribution < -0.4 is 25.3 Å². The molecule has 0 aliphatic carbocycles. The third-order valence-corrected chi connectivity index (χ3v) is 5.01. The van der Waals surface area contributed by atoms with E-state index in [0.717, 1.165) is 0 Å². The summed E-state index contributed by atoms with van der Waals surface area (Å²) in [5, 5.41) is 3.24. The maximum Gasteiger partial charge on any atom is 0.360 e. The Hall–Kier alpha value is -4.01. The fourth-order valence-corrected chi connectivity index (χ4v) is 3.53. The maximum atomic E-state index is 12.8. The zero-order valence-electron chi connectivity index (χ0n) is 15.8. The monoisotopic (exact) mass is 407 g/mol. The van der Waals surface area contributed by atoms with Gasteiger partial charge in [0.25, 0.3) is 0 Å². The number of carbonyl (C=O) groups excluding carboxylic acids is 2. The van der Waals surface area contributed by atoms with Crippen molar-refractivity contribution < 1.29 is 23.5 Å². The Morgan fingerprint density at radius 3 is 2.73 bits per heavy atom. The molecule has 0 saturated carbocycles. The highest BCUT2D eigenvalue weighted by Gasteiger charge is 2.32. The van der Waals surface area contributed by atoms with Crippen LogP contribution in [-0.4, -0.2) is 43.3 Å². The van der Waals surface area contributed by atoms with E-state index in [1.165, 1.54) is 4.90 Å². The molecule has 0 bridgehead atoms. The van der Waals surface area contributed by atoms with E-state index >= 15 is 0 Å². The van der Waals surface area contributed by atoms with Crippen LogP contribution in [0.5, 0.6) is 11.5 Å². The van der Waals surface area contributed by atoms with Gasteiger partial charge in [-0.25, -0.2) is 9.59 Å². The Kier molecular flexibility index (Phi) is 4.27. The second-order valence-electron chi connectivity index (χ2n) is 6.93. The SMILES string of the molecule is O=C(CN1CCN(c2ccc3c(c2)OCO3)C1=O)Nc1cc2ccccc2oc1=O. The predicted octanol–water partition coefficient (Wildman–Crippen LogP) is 2.40. The number of para-hydroxylation sites is 1. The lowest BCUT2D eigenvalue weighted by molar-refractivity contribution is -0.116. The molecule has 3 heterocycles. The van der Waals surface area contributed by atoms with Gasteiger partial charge in [-0.3, -0.25) is 9.69 Å². The molecule has 2 aliphatic rings. The predicted molar refractivity (Wildman–Crippen MR) is 108 cm³/mol. The van der Waals surface area contributed by atoms with E-state index in [1.54, 1.807) is 47.4 Å². The van der Waals surface area contributed by atoms with Crippen LogP contribution in [-0.2, 0) is 4.79 Å². The lowest BCUT2D eigenvalue weighted by Gasteiger charge is -2.18. The van der Waals surface area contributed by atoms with Gasteiger partial charge in [-0.05, 0) is 24.3 Å². The third-order valence-electron chi connectivity index (χ3n) is 5.01. The van der Waals surface area contributed by atoms with Gasteiger partial charge in [-0.1, -0.05) is 18.2 Å². The molecule has 2 aliphatic heterocycles. The Morgan fingerprint density at radius 1 is 1.00 bits per heavy atom. The summed E-state index contributed by atoms with van der Waals surface area (Å²) in [5.41, 5.74) is 0.506. The van der Waals surface area contributed by atoms with Crippen molar-refractivity contribution in [2.45, 2.75) is 0 Å². The summed E-state index contributed by atoms with van der Waals surface area (Å²) in [6.07, 6.45) is 0. The number of ether oxygens (including phenoxy) is 2. The fourth-order valence-electron chi connectivity index (χ4n) is 3.53. The number of hydrogen-bond donors (Lipinski definition) is 1. The minimum absolute atomic E-state index is 0.0398. The van der Waals surface area contributed by atoms with Crippen molar-refractivity contribution >= 4 is 34.3 Å². The van der Waals surface area contributed by atoms with Gasteiger partial charge in [0.2, 0.25) is 12.7 Å². The van der Waals surface area contributed by atoms with Gasteiger partial charge < -0.3 is 24.1 Å². The fraction of sp³-hybridized carbons (Fsp3) is 0.190. The number of nitrogens with one attached hydrogen (secondary N) is 1. The van der Waals surface area contributed by atoms with Crippen LogP contribution in [0, 0.1) is 0 Å². The number of fused-ring (bicyclic) bond motifs is 2. The van der Waals surface area contributed by atoms with Crippen molar-refractivity contribution in [1.29, 1.82) is 0 Å².